The summed E-state index contributed by atoms with van der Waals surface area (Å²) in [6, 6.07) is -0.238. The Morgan fingerprint density at radius 1 is 1.24 bits per heavy atom. The number of rotatable bonds is 9. The van der Waals surface area contributed by atoms with Crippen molar-refractivity contribution in [3.63, 3.8) is 0 Å². The maximum atomic E-state index is 12.2. The van der Waals surface area contributed by atoms with Crippen LogP contribution in [0.5, 0.6) is 0 Å². The summed E-state index contributed by atoms with van der Waals surface area (Å²) in [5.41, 5.74) is 0. The normalized spacial score (nSPS) is 18.3. The predicted molar refractivity (Wildman–Crippen MR) is 85.1 cm³/mol. The first-order valence-corrected chi connectivity index (χ1v) is 8.28. The number of unbranched alkanes of at least 4 members (excludes halogenated alkanes) is 2. The van der Waals surface area contributed by atoms with Crippen LogP contribution < -0.4 is 5.32 Å². The van der Waals surface area contributed by atoms with Crippen molar-refractivity contribution in [2.24, 2.45) is 0 Å². The molecule has 0 bridgehead atoms. The van der Waals surface area contributed by atoms with Gasteiger partial charge < -0.3 is 15.1 Å². The highest BCUT2D eigenvalue weighted by Crippen LogP contribution is 2.19. The van der Waals surface area contributed by atoms with Crippen molar-refractivity contribution < 1.29 is 9.59 Å². The SMILES string of the molecule is CCCCCNC(=O)C1CCCN1C(=O)CCCN(C)C. The van der Waals surface area contributed by atoms with Crippen LogP contribution in [0.15, 0.2) is 0 Å². The van der Waals surface area contributed by atoms with Gasteiger partial charge in [0.05, 0.1) is 0 Å². The van der Waals surface area contributed by atoms with Crippen LogP contribution in [0.1, 0.15) is 51.9 Å². The average molecular weight is 297 g/mol. The zero-order valence-corrected chi connectivity index (χ0v) is 13.9. The Balaban J connectivity index is 2.35. The van der Waals surface area contributed by atoms with Crippen LogP contribution in [0.3, 0.4) is 0 Å². The Bertz CT molecular complexity index is 331. The van der Waals surface area contributed by atoms with Crippen LogP contribution in [-0.4, -0.2) is 61.4 Å². The Hall–Kier alpha value is -1.10. The fraction of sp³-hybridized carbons (Fsp3) is 0.875. The fourth-order valence-corrected chi connectivity index (χ4v) is 2.73. The Kier molecular flexibility index (Phi) is 8.35. The predicted octanol–water partition coefficient (Wildman–Crippen LogP) is 1.63. The lowest BCUT2D eigenvalue weighted by Gasteiger charge is -2.24. The van der Waals surface area contributed by atoms with Crippen LogP contribution in [0.2, 0.25) is 0 Å². The standard InChI is InChI=1S/C16H31N3O2/c1-4-5-6-11-17-16(21)14-9-7-13-19(14)15(20)10-8-12-18(2)3/h14H,4-13H2,1-3H3,(H,17,21). The minimum Gasteiger partial charge on any atom is -0.354 e. The Morgan fingerprint density at radius 2 is 2.00 bits per heavy atom. The fourth-order valence-electron chi connectivity index (χ4n) is 2.73. The highest BCUT2D eigenvalue weighted by atomic mass is 16.2. The maximum absolute atomic E-state index is 12.2. The van der Waals surface area contributed by atoms with Crippen molar-refractivity contribution in [3.05, 3.63) is 0 Å². The summed E-state index contributed by atoms with van der Waals surface area (Å²) >= 11 is 0. The van der Waals surface area contributed by atoms with Crippen molar-refractivity contribution in [2.75, 3.05) is 33.7 Å². The molecule has 1 atom stereocenters. The van der Waals surface area contributed by atoms with E-state index in [0.29, 0.717) is 6.42 Å². The third-order valence-electron chi connectivity index (χ3n) is 3.95. The van der Waals surface area contributed by atoms with E-state index in [-0.39, 0.29) is 17.9 Å². The number of carbonyl (C=O) groups is 2. The van der Waals surface area contributed by atoms with E-state index >= 15 is 0 Å². The van der Waals surface area contributed by atoms with E-state index in [0.717, 1.165) is 58.2 Å². The molecule has 21 heavy (non-hydrogen) atoms. The molecule has 0 aliphatic carbocycles. The van der Waals surface area contributed by atoms with E-state index in [1.807, 2.05) is 14.1 Å². The first kappa shape index (κ1) is 18.0. The molecule has 0 aromatic carbocycles. The van der Waals surface area contributed by atoms with E-state index in [9.17, 15) is 9.59 Å². The summed E-state index contributed by atoms with van der Waals surface area (Å²) in [4.78, 5) is 28.3. The van der Waals surface area contributed by atoms with Gasteiger partial charge in [-0.3, -0.25) is 9.59 Å². The number of hydrogen-bond donors (Lipinski definition) is 1. The minimum atomic E-state index is -0.238. The molecule has 5 nitrogen and oxygen atoms in total. The smallest absolute Gasteiger partial charge is 0.242 e. The first-order valence-electron chi connectivity index (χ1n) is 8.28. The molecule has 1 aliphatic heterocycles. The van der Waals surface area contributed by atoms with Crippen LogP contribution in [-0.2, 0) is 9.59 Å². The molecule has 1 rings (SSSR count). The zero-order valence-electron chi connectivity index (χ0n) is 13.9. The van der Waals surface area contributed by atoms with Crippen molar-refractivity contribution in [1.29, 1.82) is 0 Å². The molecule has 0 aromatic rings. The number of likely N-dealkylation sites (tertiary alicyclic amines) is 1. The number of nitrogens with zero attached hydrogens (tertiary/aromatic N) is 2. The molecule has 5 heteroatoms. The third kappa shape index (κ3) is 6.46. The molecule has 122 valence electrons. The lowest BCUT2D eigenvalue weighted by molar-refractivity contribution is -0.138. The lowest BCUT2D eigenvalue weighted by atomic mass is 10.2. The van der Waals surface area contributed by atoms with Crippen molar-refractivity contribution in [1.82, 2.24) is 15.1 Å². The van der Waals surface area contributed by atoms with Gasteiger partial charge >= 0.3 is 0 Å². The molecule has 1 saturated heterocycles. The molecule has 0 saturated carbocycles. The molecule has 0 radical (unpaired) electrons. The molecule has 0 spiro atoms. The van der Waals surface area contributed by atoms with Crippen LogP contribution in [0.4, 0.5) is 0 Å². The highest BCUT2D eigenvalue weighted by Gasteiger charge is 2.33. The minimum absolute atomic E-state index is 0.0320. The van der Waals surface area contributed by atoms with Gasteiger partial charge in [-0.1, -0.05) is 19.8 Å². The summed E-state index contributed by atoms with van der Waals surface area (Å²) in [5, 5.41) is 2.98. The Labute approximate surface area is 129 Å². The molecular formula is C16H31N3O2. The molecule has 2 amide bonds. The lowest BCUT2D eigenvalue weighted by Crippen LogP contribution is -2.46. The topological polar surface area (TPSA) is 52.7 Å². The number of carbonyl (C=O) groups excluding carboxylic acids is 2. The second-order valence-electron chi connectivity index (χ2n) is 6.15. The van der Waals surface area contributed by atoms with Crippen molar-refractivity contribution in [2.45, 2.75) is 57.9 Å². The molecule has 1 N–H and O–H groups in total. The van der Waals surface area contributed by atoms with Crippen LogP contribution in [0, 0.1) is 0 Å². The van der Waals surface area contributed by atoms with Gasteiger partial charge in [0.2, 0.25) is 11.8 Å². The van der Waals surface area contributed by atoms with Gasteiger partial charge in [-0.05, 0) is 46.3 Å². The molecule has 1 heterocycles. The monoisotopic (exact) mass is 297 g/mol. The van der Waals surface area contributed by atoms with Gasteiger partial charge in [0, 0.05) is 19.5 Å². The van der Waals surface area contributed by atoms with E-state index in [1.54, 1.807) is 4.90 Å². The number of nitrogens with one attached hydrogen (secondary N) is 1. The summed E-state index contributed by atoms with van der Waals surface area (Å²) in [5.74, 6) is 0.160. The van der Waals surface area contributed by atoms with Gasteiger partial charge in [-0.15, -0.1) is 0 Å². The molecule has 1 unspecified atom stereocenters. The molecule has 0 aromatic heterocycles. The second-order valence-corrected chi connectivity index (χ2v) is 6.15. The summed E-state index contributed by atoms with van der Waals surface area (Å²) in [7, 11) is 4.01. The molecule has 1 aliphatic rings. The van der Waals surface area contributed by atoms with Gasteiger partial charge in [0.15, 0.2) is 0 Å². The zero-order chi connectivity index (χ0) is 15.7. The molecule has 1 fully saturated rings. The molecular weight excluding hydrogens is 266 g/mol. The van der Waals surface area contributed by atoms with Gasteiger partial charge in [0.1, 0.15) is 6.04 Å². The summed E-state index contributed by atoms with van der Waals surface area (Å²) < 4.78 is 0. The Morgan fingerprint density at radius 3 is 2.67 bits per heavy atom. The highest BCUT2D eigenvalue weighted by molar-refractivity contribution is 5.88. The second kappa shape index (κ2) is 9.77. The van der Waals surface area contributed by atoms with E-state index in [2.05, 4.69) is 17.1 Å². The van der Waals surface area contributed by atoms with Crippen molar-refractivity contribution in [3.8, 4) is 0 Å². The quantitative estimate of drug-likeness (QED) is 0.658. The van der Waals surface area contributed by atoms with Gasteiger partial charge in [-0.25, -0.2) is 0 Å². The third-order valence-corrected chi connectivity index (χ3v) is 3.95. The number of amides is 2. The van der Waals surface area contributed by atoms with Gasteiger partial charge in [0.25, 0.3) is 0 Å². The van der Waals surface area contributed by atoms with Gasteiger partial charge in [-0.2, -0.15) is 0 Å². The largest absolute Gasteiger partial charge is 0.354 e. The van der Waals surface area contributed by atoms with Crippen molar-refractivity contribution >= 4 is 11.8 Å². The first-order chi connectivity index (χ1) is 10.1. The summed E-state index contributed by atoms with van der Waals surface area (Å²) in [6.07, 6.45) is 6.44. The van der Waals surface area contributed by atoms with E-state index in [1.165, 1.54) is 0 Å². The maximum Gasteiger partial charge on any atom is 0.242 e. The van der Waals surface area contributed by atoms with Crippen LogP contribution in [0.25, 0.3) is 0 Å². The van der Waals surface area contributed by atoms with E-state index < -0.39 is 0 Å². The average Bonchev–Trinajstić information content (AvgIpc) is 2.92. The van der Waals surface area contributed by atoms with Crippen LogP contribution >= 0.6 is 0 Å². The number of hydrogen-bond acceptors (Lipinski definition) is 3. The summed E-state index contributed by atoms with van der Waals surface area (Å²) in [6.45, 7) is 4.51. The van der Waals surface area contributed by atoms with E-state index in [4.69, 9.17) is 0 Å².